The minimum absolute atomic E-state index is 0.0591. The van der Waals surface area contributed by atoms with Gasteiger partial charge < -0.3 is 24.9 Å². The van der Waals surface area contributed by atoms with E-state index in [1.54, 1.807) is 19.2 Å². The lowest BCUT2D eigenvalue weighted by Crippen LogP contribution is -2.36. The van der Waals surface area contributed by atoms with Crippen LogP contribution < -0.4 is 10.2 Å². The van der Waals surface area contributed by atoms with Gasteiger partial charge in [0.05, 0.1) is 18.8 Å². The normalized spacial score (nSPS) is 12.5. The second-order valence-electron chi connectivity index (χ2n) is 7.03. The van der Waals surface area contributed by atoms with Gasteiger partial charge in [0.15, 0.2) is 5.78 Å². The summed E-state index contributed by atoms with van der Waals surface area (Å²) in [5.74, 6) is 4.91. The summed E-state index contributed by atoms with van der Waals surface area (Å²) in [7, 11) is 1.67. The molecule has 1 aliphatic heterocycles. The predicted molar refractivity (Wildman–Crippen MR) is 125 cm³/mol. The smallest absolute Gasteiger partial charge is 0.337 e. The van der Waals surface area contributed by atoms with Crippen LogP contribution in [0, 0.1) is 11.8 Å². The monoisotopic (exact) mass is 436 g/mol. The van der Waals surface area contributed by atoms with Crippen LogP contribution in [-0.4, -0.2) is 56.5 Å². The standard InChI is InChI=1S/C22H22N2O4.C3H6O/c1-15(25)19-14-18(24-9-11-28-12-10-24)7-6-17(19)5-3-16-4-8-21(23-2)20(13-16)22(26)27;1-2-3-4/h4,6-8,13-14,23H,9-12H2,1-2H3,(H,26,27);3H,2H2,1H3. The van der Waals surface area contributed by atoms with Gasteiger partial charge in [0.25, 0.3) is 0 Å². The fourth-order valence-electron chi connectivity index (χ4n) is 3.11. The highest BCUT2D eigenvalue weighted by Crippen LogP contribution is 2.22. The molecule has 2 N–H and O–H groups in total. The third-order valence-corrected chi connectivity index (χ3v) is 4.79. The molecule has 7 nitrogen and oxygen atoms in total. The molecule has 0 aromatic heterocycles. The highest BCUT2D eigenvalue weighted by atomic mass is 16.5. The minimum atomic E-state index is -1.02. The van der Waals surface area contributed by atoms with E-state index < -0.39 is 5.97 Å². The largest absolute Gasteiger partial charge is 0.478 e. The number of benzene rings is 2. The molecule has 1 saturated heterocycles. The predicted octanol–water partition coefficient (Wildman–Crippen LogP) is 3.46. The van der Waals surface area contributed by atoms with Crippen molar-refractivity contribution in [3.63, 3.8) is 0 Å². The first-order chi connectivity index (χ1) is 15.4. The van der Waals surface area contributed by atoms with Crippen LogP contribution in [0.4, 0.5) is 11.4 Å². The zero-order valence-electron chi connectivity index (χ0n) is 18.6. The quantitative estimate of drug-likeness (QED) is 0.421. The fraction of sp³-hybridized carbons (Fsp3) is 0.320. The first kappa shape index (κ1) is 24.6. The summed E-state index contributed by atoms with van der Waals surface area (Å²) in [4.78, 5) is 34.9. The molecule has 2 aromatic carbocycles. The number of hydrogen-bond acceptors (Lipinski definition) is 6. The second-order valence-corrected chi connectivity index (χ2v) is 7.03. The Labute approximate surface area is 188 Å². The third-order valence-electron chi connectivity index (χ3n) is 4.79. The molecule has 0 aliphatic carbocycles. The van der Waals surface area contributed by atoms with Crippen LogP contribution in [0.5, 0.6) is 0 Å². The number of carboxylic acids is 1. The molecule has 0 amide bonds. The average molecular weight is 437 g/mol. The van der Waals surface area contributed by atoms with E-state index in [1.165, 1.54) is 13.0 Å². The van der Waals surface area contributed by atoms with E-state index in [0.717, 1.165) is 25.1 Å². The number of aromatic carboxylic acids is 1. The number of Topliss-reactive ketones (excluding diaryl/α,β-unsaturated/α-hetero) is 1. The summed E-state index contributed by atoms with van der Waals surface area (Å²) in [5, 5.41) is 12.2. The van der Waals surface area contributed by atoms with E-state index in [1.807, 2.05) is 25.1 Å². The van der Waals surface area contributed by atoms with Crippen molar-refractivity contribution < 1.29 is 24.2 Å². The summed E-state index contributed by atoms with van der Waals surface area (Å²) >= 11 is 0. The zero-order valence-corrected chi connectivity index (χ0v) is 18.6. The number of morpholine rings is 1. The Bertz CT molecular complexity index is 1030. The van der Waals surface area contributed by atoms with Crippen molar-refractivity contribution in [1.82, 2.24) is 0 Å². The molecule has 0 radical (unpaired) electrons. The van der Waals surface area contributed by atoms with Gasteiger partial charge in [-0.05, 0) is 43.3 Å². The van der Waals surface area contributed by atoms with E-state index in [2.05, 4.69) is 22.1 Å². The molecular formula is C25H28N2O5. The Morgan fingerprint density at radius 3 is 2.38 bits per heavy atom. The van der Waals surface area contributed by atoms with Crippen LogP contribution in [-0.2, 0) is 9.53 Å². The maximum absolute atomic E-state index is 12.1. The Morgan fingerprint density at radius 1 is 1.12 bits per heavy atom. The second kappa shape index (κ2) is 12.3. The third kappa shape index (κ3) is 6.69. The summed E-state index contributed by atoms with van der Waals surface area (Å²) in [6.07, 6.45) is 1.51. The number of carbonyl (C=O) groups is 3. The van der Waals surface area contributed by atoms with E-state index in [4.69, 9.17) is 4.74 Å². The molecule has 1 heterocycles. The number of nitrogens with one attached hydrogen (secondary N) is 1. The zero-order chi connectivity index (χ0) is 23.5. The number of nitrogens with zero attached hydrogens (tertiary/aromatic N) is 1. The van der Waals surface area contributed by atoms with Gasteiger partial charge in [-0.25, -0.2) is 4.79 Å². The Morgan fingerprint density at radius 2 is 1.81 bits per heavy atom. The number of ether oxygens (including phenoxy) is 1. The van der Waals surface area contributed by atoms with Crippen molar-refractivity contribution in [2.45, 2.75) is 20.3 Å². The molecule has 32 heavy (non-hydrogen) atoms. The van der Waals surface area contributed by atoms with Crippen LogP contribution in [0.1, 0.15) is 52.1 Å². The van der Waals surface area contributed by atoms with Gasteiger partial charge in [0, 0.05) is 54.6 Å². The number of anilines is 2. The van der Waals surface area contributed by atoms with Gasteiger partial charge >= 0.3 is 5.97 Å². The number of rotatable bonds is 5. The SMILES string of the molecule is CCC=O.CNc1ccc(C#Cc2ccc(N3CCOCC3)cc2C(C)=O)cc1C(=O)O. The Hall–Kier alpha value is -3.63. The van der Waals surface area contributed by atoms with Crippen LogP contribution >= 0.6 is 0 Å². The first-order valence-corrected chi connectivity index (χ1v) is 10.4. The molecule has 168 valence electrons. The molecular weight excluding hydrogens is 408 g/mol. The average Bonchev–Trinajstić information content (AvgIpc) is 2.83. The molecule has 0 unspecified atom stereocenters. The van der Waals surface area contributed by atoms with Crippen LogP contribution in [0.15, 0.2) is 36.4 Å². The van der Waals surface area contributed by atoms with Crippen LogP contribution in [0.25, 0.3) is 0 Å². The lowest BCUT2D eigenvalue weighted by molar-refractivity contribution is -0.107. The van der Waals surface area contributed by atoms with Crippen molar-refractivity contribution in [2.24, 2.45) is 0 Å². The first-order valence-electron chi connectivity index (χ1n) is 10.4. The van der Waals surface area contributed by atoms with Gasteiger partial charge in [-0.1, -0.05) is 18.8 Å². The van der Waals surface area contributed by atoms with Crippen LogP contribution in [0.3, 0.4) is 0 Å². The molecule has 2 aromatic rings. The summed E-state index contributed by atoms with van der Waals surface area (Å²) in [6.45, 7) is 6.26. The Balaban J connectivity index is 0.000000837. The molecule has 0 atom stereocenters. The Kier molecular flexibility index (Phi) is 9.45. The molecule has 3 rings (SSSR count). The van der Waals surface area contributed by atoms with E-state index >= 15 is 0 Å². The topological polar surface area (TPSA) is 95.9 Å². The van der Waals surface area contributed by atoms with E-state index in [-0.39, 0.29) is 11.3 Å². The molecule has 1 fully saturated rings. The van der Waals surface area contributed by atoms with Gasteiger partial charge in [0.1, 0.15) is 6.29 Å². The van der Waals surface area contributed by atoms with Crippen molar-refractivity contribution in [3.05, 3.63) is 58.7 Å². The maximum Gasteiger partial charge on any atom is 0.337 e. The fourth-order valence-corrected chi connectivity index (χ4v) is 3.11. The highest BCUT2D eigenvalue weighted by Gasteiger charge is 2.14. The minimum Gasteiger partial charge on any atom is -0.478 e. The number of hydrogen-bond donors (Lipinski definition) is 2. The van der Waals surface area contributed by atoms with Gasteiger partial charge in [-0.3, -0.25) is 4.79 Å². The maximum atomic E-state index is 12.1. The highest BCUT2D eigenvalue weighted by molar-refractivity contribution is 5.98. The molecule has 0 bridgehead atoms. The van der Waals surface area contributed by atoms with Crippen molar-refractivity contribution >= 4 is 29.4 Å². The van der Waals surface area contributed by atoms with Crippen LogP contribution in [0.2, 0.25) is 0 Å². The summed E-state index contributed by atoms with van der Waals surface area (Å²) in [6, 6.07) is 10.6. The van der Waals surface area contributed by atoms with E-state index in [0.29, 0.717) is 42.0 Å². The van der Waals surface area contributed by atoms with Gasteiger partial charge in [-0.15, -0.1) is 0 Å². The number of ketones is 1. The van der Waals surface area contributed by atoms with Crippen molar-refractivity contribution in [2.75, 3.05) is 43.6 Å². The molecule has 0 spiro atoms. The summed E-state index contributed by atoms with van der Waals surface area (Å²) < 4.78 is 5.38. The lowest BCUT2D eigenvalue weighted by atomic mass is 10.0. The number of aldehydes is 1. The van der Waals surface area contributed by atoms with Crippen molar-refractivity contribution in [3.8, 4) is 11.8 Å². The van der Waals surface area contributed by atoms with Crippen molar-refractivity contribution in [1.29, 1.82) is 0 Å². The lowest BCUT2D eigenvalue weighted by Gasteiger charge is -2.29. The number of carboxylic acid groups (broad SMARTS) is 1. The van der Waals surface area contributed by atoms with E-state index in [9.17, 15) is 19.5 Å². The van der Waals surface area contributed by atoms with Gasteiger partial charge in [0.2, 0.25) is 0 Å². The molecule has 1 aliphatic rings. The molecule has 7 heteroatoms. The van der Waals surface area contributed by atoms with Gasteiger partial charge in [-0.2, -0.15) is 0 Å². The summed E-state index contributed by atoms with van der Waals surface area (Å²) in [5.41, 5.74) is 3.41. The molecule has 0 saturated carbocycles. The number of carbonyl (C=O) groups excluding carboxylic acids is 2.